The van der Waals surface area contributed by atoms with Crippen LogP contribution in [0.2, 0.25) is 0 Å². The molecule has 0 spiro atoms. The van der Waals surface area contributed by atoms with Crippen molar-refractivity contribution in [1.82, 2.24) is 27.4 Å². The van der Waals surface area contributed by atoms with E-state index in [-0.39, 0.29) is 23.9 Å². The lowest BCUT2D eigenvalue weighted by molar-refractivity contribution is 0.0338. The van der Waals surface area contributed by atoms with Gasteiger partial charge in [0.2, 0.25) is 0 Å². The highest BCUT2D eigenvalue weighted by atomic mass is 16.5. The van der Waals surface area contributed by atoms with Gasteiger partial charge >= 0.3 is 0 Å². The lowest BCUT2D eigenvalue weighted by Crippen LogP contribution is -2.46. The molecule has 0 saturated heterocycles. The molecule has 2 aliphatic carbocycles. The first kappa shape index (κ1) is 77.8. The van der Waals surface area contributed by atoms with Gasteiger partial charge < -0.3 is 65.9 Å². The Hall–Kier alpha value is -15.0. The van der Waals surface area contributed by atoms with Gasteiger partial charge in [-0.15, -0.1) is 0 Å². The first-order valence-corrected chi connectivity index (χ1v) is 45.2. The summed E-state index contributed by atoms with van der Waals surface area (Å²) in [7, 11) is 6.97. The summed E-state index contributed by atoms with van der Waals surface area (Å²) in [6, 6.07) is 118. The Labute approximate surface area is 744 Å². The zero-order chi connectivity index (χ0) is 86.4. The highest BCUT2D eigenvalue weighted by molar-refractivity contribution is 6.16. The summed E-state index contributed by atoms with van der Waals surface area (Å²) in [4.78, 5) is 9.77. The topological polar surface area (TPSA) is 79.5 Å². The summed E-state index contributed by atoms with van der Waals surface area (Å²) in [5.41, 5.74) is 28.4. The van der Waals surface area contributed by atoms with Crippen LogP contribution >= 0.6 is 0 Å². The minimum atomic E-state index is -0.0440. The van der Waals surface area contributed by atoms with Gasteiger partial charge in [-0.3, -0.25) is 0 Å². The van der Waals surface area contributed by atoms with Crippen molar-refractivity contribution in [3.63, 3.8) is 0 Å². The number of ether oxygens (including phenoxy) is 4. The third-order valence-corrected chi connectivity index (χ3v) is 28.3. The summed E-state index contributed by atoms with van der Waals surface area (Å²) in [6.45, 7) is 17.5. The molecule has 6 aromatic heterocycles. The molecule has 14 nitrogen and oxygen atoms in total. The van der Waals surface area contributed by atoms with Gasteiger partial charge in [0.05, 0.1) is 40.5 Å². The van der Waals surface area contributed by atoms with Crippen molar-refractivity contribution in [2.45, 2.75) is 92.6 Å². The third kappa shape index (κ3) is 12.1. The number of aromatic nitrogens is 6. The van der Waals surface area contributed by atoms with Gasteiger partial charge in [0, 0.05) is 226 Å². The molecule has 0 N–H and O–H groups in total. The third-order valence-electron chi connectivity index (χ3n) is 28.3. The Morgan fingerprint density at radius 1 is 0.250 bits per heavy atom. The molecule has 4 atom stereocenters. The number of aryl methyl sites for hydroxylation is 4. The van der Waals surface area contributed by atoms with Crippen molar-refractivity contribution in [1.29, 1.82) is 0 Å². The van der Waals surface area contributed by atoms with Crippen LogP contribution in [0, 0.1) is 11.8 Å². The van der Waals surface area contributed by atoms with Crippen LogP contribution in [0.4, 0.5) is 68.2 Å². The van der Waals surface area contributed by atoms with Crippen molar-refractivity contribution in [2.24, 2.45) is 11.8 Å². The molecule has 630 valence electrons. The summed E-state index contributed by atoms with van der Waals surface area (Å²) in [6.07, 6.45) is 6.75. The average Bonchev–Trinajstić information content (AvgIpc) is 1.51. The number of fused-ring (bicyclic) bond motifs is 18. The van der Waals surface area contributed by atoms with Crippen molar-refractivity contribution < 1.29 is 18.9 Å². The summed E-state index contributed by atoms with van der Waals surface area (Å²) in [5.74, 6) is 3.62. The predicted octanol–water partition coefficient (Wildman–Crippen LogP) is 30.2. The van der Waals surface area contributed by atoms with E-state index in [1.54, 1.807) is 28.4 Å². The van der Waals surface area contributed by atoms with Crippen LogP contribution in [0.5, 0.6) is 23.0 Å². The number of rotatable bonds is 22. The maximum Gasteiger partial charge on any atom is 0.119 e. The van der Waals surface area contributed by atoms with E-state index in [9.17, 15) is 0 Å². The predicted molar refractivity (Wildman–Crippen MR) is 535 cm³/mol. The van der Waals surface area contributed by atoms with Gasteiger partial charge in [-0.25, -0.2) is 0 Å². The number of hydrogen-bond acceptors (Lipinski definition) is 8. The molecule has 1 saturated carbocycles. The number of methoxy groups -OCH3 is 4. The highest BCUT2D eigenvalue weighted by Crippen LogP contribution is 2.59. The van der Waals surface area contributed by atoms with E-state index in [2.05, 4.69) is 416 Å². The molecule has 128 heavy (non-hydrogen) atoms. The van der Waals surface area contributed by atoms with Crippen molar-refractivity contribution in [2.75, 3.05) is 48.0 Å². The lowest BCUT2D eigenvalue weighted by atomic mass is 9.66. The van der Waals surface area contributed by atoms with Gasteiger partial charge in [0.1, 0.15) is 23.0 Å². The second-order valence-corrected chi connectivity index (χ2v) is 34.5. The molecule has 14 heteroatoms. The zero-order valence-electron chi connectivity index (χ0n) is 73.8. The van der Waals surface area contributed by atoms with Crippen LogP contribution in [-0.2, 0) is 32.6 Å². The fraction of sp³-hybridized carbons (Fsp3) is 0.175. The molecule has 1 fully saturated rings. The summed E-state index contributed by atoms with van der Waals surface area (Å²) in [5, 5.41) is 13.2. The van der Waals surface area contributed by atoms with Gasteiger partial charge in [0.15, 0.2) is 0 Å². The highest BCUT2D eigenvalue weighted by Gasteiger charge is 2.49. The molecule has 23 rings (SSSR count). The second-order valence-electron chi connectivity index (χ2n) is 34.5. The monoisotopic (exact) mass is 1670 g/mol. The minimum absolute atomic E-state index is 0.0432. The number of anilines is 12. The molecule has 4 unspecified atom stereocenters. The quantitative estimate of drug-likeness (QED) is 0.0664. The number of hydrogen-bond donors (Lipinski definition) is 0. The summed E-state index contributed by atoms with van der Waals surface area (Å²) < 4.78 is 38.9. The molecule has 0 radical (unpaired) electrons. The SMILES string of the molecule is CCn1c2c(c3cc(N(c4ccc(OC)cc4)c4ccc5c(c4)c4cc(N(c6ccc(OC)cc6)c6ccc7c(c6)c6ccccc6n7CC)ccc4n5C4C(C)C(C)C4n4c5ccc(N(c6ccc(OC)cc6)c6ccc7c(c6)c6ccccc6n7CC)cc5c5cc(N(c6ccc(OC)cc6)c6ccc7c(c6)c6ccccc6n7CC)ccc54)ccc31)C=CCC2. The van der Waals surface area contributed by atoms with E-state index >= 15 is 0 Å². The molecule has 0 aliphatic heterocycles. The first-order valence-electron chi connectivity index (χ1n) is 45.2. The standard InChI is InChI=1S/C114H100N10O4/c1-11-115-101-27-19-15-23-89(101)93-63-77(39-55-105(93)115)119(73-31-47-85(125-7)48-32-73)81-43-59-109-97(67-81)98-68-82(120(74-33-49-86(126-8)50-34-74)78-40-56-106-94(64-78)90-24-16-20-28-102(90)116(106)12-2)44-60-110(98)123(109)113-71(5)72(6)114(113)124-111-61-45-83(121(75-35-51-87(127-9)52-36-75)79-41-57-107-95(65-79)91-25-17-21-29-103(91)117(107)13-3)69-99(111)100-70-84(46-62-112(100)124)122(76-37-53-88(128-10)54-38-76)80-42-58-108-96(66-80)92-26-18-22-30-104(92)118(108)14-4/h15-21,23-29,31-72,113-114H,11-14,22,30H2,1-10H3. The molecule has 2 aliphatic rings. The van der Waals surface area contributed by atoms with E-state index in [1.807, 2.05) is 0 Å². The van der Waals surface area contributed by atoms with Crippen molar-refractivity contribution >= 4 is 194 Å². The number of benzene rings is 15. The van der Waals surface area contributed by atoms with Crippen LogP contribution < -0.4 is 38.5 Å². The normalized spacial score (nSPS) is 15.1. The average molecular weight is 1670 g/mol. The van der Waals surface area contributed by atoms with E-state index < -0.39 is 0 Å². The Morgan fingerprint density at radius 3 is 0.742 bits per heavy atom. The van der Waals surface area contributed by atoms with E-state index in [0.717, 1.165) is 174 Å². The summed E-state index contributed by atoms with van der Waals surface area (Å²) >= 11 is 0. The second kappa shape index (κ2) is 31.0. The Balaban J connectivity index is 0.763. The van der Waals surface area contributed by atoms with Crippen LogP contribution in [-0.4, -0.2) is 55.8 Å². The maximum absolute atomic E-state index is 5.90. The Kier molecular flexibility index (Phi) is 18.8. The molecular formula is C114H100N10O4. The fourth-order valence-corrected chi connectivity index (χ4v) is 22.2. The van der Waals surface area contributed by atoms with Gasteiger partial charge in [-0.1, -0.05) is 80.6 Å². The van der Waals surface area contributed by atoms with Crippen LogP contribution in [0.3, 0.4) is 0 Å². The van der Waals surface area contributed by atoms with Crippen LogP contribution in [0.15, 0.2) is 322 Å². The van der Waals surface area contributed by atoms with Crippen molar-refractivity contribution in [3.05, 3.63) is 333 Å². The van der Waals surface area contributed by atoms with Gasteiger partial charge in [0.25, 0.3) is 0 Å². The molecule has 6 heterocycles. The first-order chi connectivity index (χ1) is 62.9. The van der Waals surface area contributed by atoms with Gasteiger partial charge in [-0.2, -0.15) is 0 Å². The van der Waals surface area contributed by atoms with Crippen LogP contribution in [0.25, 0.3) is 126 Å². The fourth-order valence-electron chi connectivity index (χ4n) is 22.2. The van der Waals surface area contributed by atoms with E-state index in [4.69, 9.17) is 18.9 Å². The van der Waals surface area contributed by atoms with E-state index in [1.165, 1.54) is 87.6 Å². The number of para-hydroxylation sites is 3. The molecule has 15 aromatic carbocycles. The van der Waals surface area contributed by atoms with E-state index in [0.29, 0.717) is 0 Å². The van der Waals surface area contributed by atoms with Crippen molar-refractivity contribution in [3.8, 4) is 23.0 Å². The molecule has 21 aromatic rings. The zero-order valence-corrected chi connectivity index (χ0v) is 73.8. The Bertz CT molecular complexity index is 7790. The molecule has 0 bridgehead atoms. The Morgan fingerprint density at radius 2 is 0.477 bits per heavy atom. The number of nitrogens with zero attached hydrogens (tertiary/aromatic N) is 10. The lowest BCUT2D eigenvalue weighted by Gasteiger charge is -2.51. The molecular weight excluding hydrogens is 1570 g/mol. The molecule has 0 amide bonds. The largest absolute Gasteiger partial charge is 0.497 e. The van der Waals surface area contributed by atoms with Gasteiger partial charge in [-0.05, 0) is 313 Å². The maximum atomic E-state index is 5.90. The smallest absolute Gasteiger partial charge is 0.119 e. The van der Waals surface area contributed by atoms with Crippen LogP contribution in [0.1, 0.15) is 71.3 Å². The minimum Gasteiger partial charge on any atom is -0.497 e. The number of allylic oxidation sites excluding steroid dienone is 1.